The fourth-order valence-corrected chi connectivity index (χ4v) is 1.41. The molecule has 1 rings (SSSR count). The van der Waals surface area contributed by atoms with Crippen LogP contribution in [0.15, 0.2) is 41.0 Å². The highest BCUT2D eigenvalue weighted by Crippen LogP contribution is 2.08. The van der Waals surface area contributed by atoms with E-state index < -0.39 is 0 Å². The molecule has 1 aromatic carbocycles. The van der Waals surface area contributed by atoms with E-state index in [9.17, 15) is 0 Å². The molecular weight excluding hydrogens is 226 g/mol. The minimum absolute atomic E-state index is 0.0992. The maximum atomic E-state index is 8.63. The number of nitrogens with zero attached hydrogens (tertiary/aromatic N) is 1. The number of amidine groups is 1. The molecule has 4 nitrogen and oxygen atoms in total. The first kappa shape index (κ1) is 12.5. The fourth-order valence-electron chi connectivity index (χ4n) is 1.31. The van der Waals surface area contributed by atoms with E-state index in [-0.39, 0.29) is 5.84 Å². The Labute approximate surface area is 99.4 Å². The van der Waals surface area contributed by atoms with Gasteiger partial charge in [-0.1, -0.05) is 47.6 Å². The summed E-state index contributed by atoms with van der Waals surface area (Å²) >= 11 is 5.63. The first-order valence-corrected chi connectivity index (χ1v) is 5.12. The number of hydrogen-bond donors (Lipinski definition) is 3. The second kappa shape index (κ2) is 6.15. The van der Waals surface area contributed by atoms with E-state index >= 15 is 0 Å². The number of nitrogens with one attached hydrogen (secondary N) is 1. The first-order valence-electron chi connectivity index (χ1n) is 4.75. The maximum absolute atomic E-state index is 8.63. The van der Waals surface area contributed by atoms with Crippen LogP contribution < -0.4 is 11.1 Å². The Hall–Kier alpha value is -1.52. The Kier molecular flexibility index (Phi) is 4.82. The molecule has 1 aromatic rings. The van der Waals surface area contributed by atoms with Crippen LogP contribution in [0.1, 0.15) is 11.1 Å². The standard InChI is InChI=1S/C11H14ClN3O/c1-8(12)6-14-7-9-4-2-3-5-10(9)11(13)15-16/h2-5,14,16H,1,6-7H2,(H2,13,15). The highest BCUT2D eigenvalue weighted by molar-refractivity contribution is 6.29. The van der Waals surface area contributed by atoms with Gasteiger partial charge in [0.2, 0.25) is 0 Å². The summed E-state index contributed by atoms with van der Waals surface area (Å²) in [7, 11) is 0. The average molecular weight is 240 g/mol. The van der Waals surface area contributed by atoms with Gasteiger partial charge in [0.25, 0.3) is 0 Å². The molecule has 0 saturated carbocycles. The van der Waals surface area contributed by atoms with Crippen LogP contribution in [-0.4, -0.2) is 17.6 Å². The normalized spacial score (nSPS) is 11.4. The van der Waals surface area contributed by atoms with Gasteiger partial charge in [-0.3, -0.25) is 0 Å². The monoisotopic (exact) mass is 239 g/mol. The Balaban J connectivity index is 2.75. The van der Waals surface area contributed by atoms with Gasteiger partial charge in [-0.15, -0.1) is 0 Å². The van der Waals surface area contributed by atoms with Crippen LogP contribution in [0.3, 0.4) is 0 Å². The lowest BCUT2D eigenvalue weighted by atomic mass is 10.1. The summed E-state index contributed by atoms with van der Waals surface area (Å²) in [6.45, 7) is 4.68. The number of nitrogens with two attached hydrogens (primary N) is 1. The summed E-state index contributed by atoms with van der Waals surface area (Å²) in [6.07, 6.45) is 0. The Morgan fingerprint density at radius 3 is 2.81 bits per heavy atom. The molecule has 0 atom stereocenters. The maximum Gasteiger partial charge on any atom is 0.170 e. The van der Waals surface area contributed by atoms with Gasteiger partial charge in [0, 0.05) is 23.7 Å². The zero-order valence-corrected chi connectivity index (χ0v) is 9.54. The van der Waals surface area contributed by atoms with Gasteiger partial charge < -0.3 is 16.3 Å². The van der Waals surface area contributed by atoms with Crippen LogP contribution >= 0.6 is 11.6 Å². The van der Waals surface area contributed by atoms with E-state index in [1.165, 1.54) is 0 Å². The van der Waals surface area contributed by atoms with Gasteiger partial charge >= 0.3 is 0 Å². The van der Waals surface area contributed by atoms with Crippen molar-refractivity contribution in [3.05, 3.63) is 47.0 Å². The number of benzene rings is 1. The average Bonchev–Trinajstić information content (AvgIpc) is 2.28. The number of oxime groups is 1. The molecule has 0 unspecified atom stereocenters. The SMILES string of the molecule is C=C(Cl)CNCc1ccccc1/C(N)=N\O. The molecule has 4 N–H and O–H groups in total. The minimum Gasteiger partial charge on any atom is -0.409 e. The Morgan fingerprint density at radius 2 is 2.19 bits per heavy atom. The van der Waals surface area contributed by atoms with Crippen LogP contribution in [0.2, 0.25) is 0 Å². The van der Waals surface area contributed by atoms with Crippen molar-refractivity contribution in [2.24, 2.45) is 10.9 Å². The molecular formula is C11H14ClN3O. The van der Waals surface area contributed by atoms with Crippen LogP contribution in [0, 0.1) is 0 Å². The minimum atomic E-state index is 0.0992. The van der Waals surface area contributed by atoms with E-state index in [0.717, 1.165) is 5.56 Å². The number of hydrogen-bond acceptors (Lipinski definition) is 3. The summed E-state index contributed by atoms with van der Waals surface area (Å²) < 4.78 is 0. The van der Waals surface area contributed by atoms with Crippen molar-refractivity contribution >= 4 is 17.4 Å². The van der Waals surface area contributed by atoms with Crippen LogP contribution in [0.25, 0.3) is 0 Å². The zero-order valence-electron chi connectivity index (χ0n) is 8.78. The van der Waals surface area contributed by atoms with Crippen molar-refractivity contribution in [1.29, 1.82) is 0 Å². The summed E-state index contributed by atoms with van der Waals surface area (Å²) in [4.78, 5) is 0. The molecule has 16 heavy (non-hydrogen) atoms. The number of rotatable bonds is 5. The number of halogens is 1. The second-order valence-electron chi connectivity index (χ2n) is 3.26. The van der Waals surface area contributed by atoms with Crippen LogP contribution in [-0.2, 0) is 6.54 Å². The molecule has 0 aliphatic heterocycles. The summed E-state index contributed by atoms with van der Waals surface area (Å²) in [5, 5.41) is 15.3. The largest absolute Gasteiger partial charge is 0.409 e. The molecule has 0 fully saturated rings. The van der Waals surface area contributed by atoms with E-state index in [1.54, 1.807) is 6.07 Å². The van der Waals surface area contributed by atoms with Crippen molar-refractivity contribution < 1.29 is 5.21 Å². The predicted octanol–water partition coefficient (Wildman–Crippen LogP) is 1.62. The third kappa shape index (κ3) is 3.56. The first-order chi connectivity index (χ1) is 7.65. The summed E-state index contributed by atoms with van der Waals surface area (Å²) in [6, 6.07) is 7.41. The van der Waals surface area contributed by atoms with Crippen molar-refractivity contribution in [2.75, 3.05) is 6.54 Å². The summed E-state index contributed by atoms with van der Waals surface area (Å²) in [5.41, 5.74) is 7.20. The molecule has 0 bridgehead atoms. The summed E-state index contributed by atoms with van der Waals surface area (Å²) in [5.74, 6) is 0.0992. The van der Waals surface area contributed by atoms with Gasteiger partial charge in [0.15, 0.2) is 5.84 Å². The molecule has 0 heterocycles. The lowest BCUT2D eigenvalue weighted by Crippen LogP contribution is -2.20. The lowest BCUT2D eigenvalue weighted by molar-refractivity contribution is 0.318. The van der Waals surface area contributed by atoms with Gasteiger partial charge in [0.05, 0.1) is 0 Å². The highest BCUT2D eigenvalue weighted by atomic mass is 35.5. The van der Waals surface area contributed by atoms with Gasteiger partial charge in [-0.05, 0) is 5.56 Å². The third-order valence-corrected chi connectivity index (χ3v) is 2.17. The zero-order chi connectivity index (χ0) is 12.0. The van der Waals surface area contributed by atoms with Gasteiger partial charge in [-0.2, -0.15) is 0 Å². The second-order valence-corrected chi connectivity index (χ2v) is 3.80. The molecule has 0 saturated heterocycles. The molecule has 0 aliphatic carbocycles. The molecule has 0 aliphatic rings. The van der Waals surface area contributed by atoms with Crippen molar-refractivity contribution in [3.63, 3.8) is 0 Å². The Morgan fingerprint density at radius 1 is 1.50 bits per heavy atom. The third-order valence-electron chi connectivity index (χ3n) is 2.03. The quantitative estimate of drug-likeness (QED) is 0.317. The van der Waals surface area contributed by atoms with Crippen LogP contribution in [0.4, 0.5) is 0 Å². The van der Waals surface area contributed by atoms with Crippen molar-refractivity contribution in [1.82, 2.24) is 5.32 Å². The van der Waals surface area contributed by atoms with E-state index in [1.807, 2.05) is 18.2 Å². The topological polar surface area (TPSA) is 70.6 Å². The van der Waals surface area contributed by atoms with Gasteiger partial charge in [-0.25, -0.2) is 0 Å². The fraction of sp³-hybridized carbons (Fsp3) is 0.182. The molecule has 0 aromatic heterocycles. The molecule has 0 radical (unpaired) electrons. The van der Waals surface area contributed by atoms with Gasteiger partial charge in [0.1, 0.15) is 0 Å². The molecule has 5 heteroatoms. The van der Waals surface area contributed by atoms with E-state index in [0.29, 0.717) is 23.7 Å². The molecule has 0 amide bonds. The van der Waals surface area contributed by atoms with E-state index in [2.05, 4.69) is 17.1 Å². The van der Waals surface area contributed by atoms with Crippen molar-refractivity contribution in [2.45, 2.75) is 6.54 Å². The predicted molar refractivity (Wildman–Crippen MR) is 65.7 cm³/mol. The van der Waals surface area contributed by atoms with Crippen LogP contribution in [0.5, 0.6) is 0 Å². The Bertz CT molecular complexity index is 404. The van der Waals surface area contributed by atoms with Crippen molar-refractivity contribution in [3.8, 4) is 0 Å². The highest BCUT2D eigenvalue weighted by Gasteiger charge is 2.05. The lowest BCUT2D eigenvalue weighted by Gasteiger charge is -2.08. The molecule has 86 valence electrons. The van der Waals surface area contributed by atoms with E-state index in [4.69, 9.17) is 22.5 Å². The molecule has 0 spiro atoms. The smallest absolute Gasteiger partial charge is 0.170 e.